The summed E-state index contributed by atoms with van der Waals surface area (Å²) in [5.41, 5.74) is 1.42. The minimum atomic E-state index is 0.571. The summed E-state index contributed by atoms with van der Waals surface area (Å²) in [5.74, 6) is 0.571. The van der Waals surface area contributed by atoms with Crippen molar-refractivity contribution in [2.45, 2.75) is 25.7 Å². The number of aryl methyl sites for hydroxylation is 1. The Morgan fingerprint density at radius 3 is 2.58 bits per heavy atom. The van der Waals surface area contributed by atoms with Gasteiger partial charge in [-0.3, -0.25) is 0 Å². The molecule has 2 rings (SSSR count). The van der Waals surface area contributed by atoms with Crippen LogP contribution in [0.5, 0.6) is 0 Å². The molecule has 1 aromatic carbocycles. The highest BCUT2D eigenvalue weighted by molar-refractivity contribution is 7.16. The van der Waals surface area contributed by atoms with Crippen LogP contribution in [-0.4, -0.2) is 13.1 Å². The monoisotopic (exact) mass is 293 g/mol. The van der Waals surface area contributed by atoms with Gasteiger partial charge in [0.2, 0.25) is 0 Å². The van der Waals surface area contributed by atoms with Crippen LogP contribution in [0.15, 0.2) is 42.5 Å². The minimum Gasteiger partial charge on any atom is -0.316 e. The summed E-state index contributed by atoms with van der Waals surface area (Å²) in [4.78, 5) is 1.38. The summed E-state index contributed by atoms with van der Waals surface area (Å²) in [6, 6.07) is 14.9. The van der Waals surface area contributed by atoms with Gasteiger partial charge in [-0.25, -0.2) is 0 Å². The summed E-state index contributed by atoms with van der Waals surface area (Å²) < 4.78 is 0.887. The molecule has 19 heavy (non-hydrogen) atoms. The first-order valence-corrected chi connectivity index (χ1v) is 7.99. The predicted molar refractivity (Wildman–Crippen MR) is 85.4 cm³/mol. The molecule has 0 saturated heterocycles. The summed E-state index contributed by atoms with van der Waals surface area (Å²) >= 11 is 7.68. The number of nitrogens with one attached hydrogen (secondary N) is 1. The molecule has 0 fully saturated rings. The molecule has 2 aromatic rings. The smallest absolute Gasteiger partial charge is 0.0931 e. The Morgan fingerprint density at radius 2 is 1.95 bits per heavy atom. The van der Waals surface area contributed by atoms with Gasteiger partial charge < -0.3 is 5.32 Å². The lowest BCUT2D eigenvalue weighted by atomic mass is 9.94. The number of likely N-dealkylation sites (N-methyl/N-ethyl adjacent to an activating group) is 1. The topological polar surface area (TPSA) is 12.0 Å². The Hall–Kier alpha value is -0.830. The second-order valence-corrected chi connectivity index (χ2v) is 6.46. The van der Waals surface area contributed by atoms with E-state index in [0.717, 1.165) is 30.3 Å². The molecule has 0 saturated carbocycles. The molecule has 1 N–H and O–H groups in total. The first-order chi connectivity index (χ1) is 9.29. The molecule has 0 aliphatic rings. The average Bonchev–Trinajstić information content (AvgIpc) is 2.86. The SMILES string of the molecule is CCNCC(CCc1ccc(Cl)s1)c1ccccc1. The van der Waals surface area contributed by atoms with Gasteiger partial charge in [-0.05, 0) is 43.0 Å². The molecule has 0 aliphatic carbocycles. The van der Waals surface area contributed by atoms with Crippen molar-refractivity contribution >= 4 is 22.9 Å². The van der Waals surface area contributed by atoms with Crippen molar-refractivity contribution in [3.8, 4) is 0 Å². The number of hydrogen-bond donors (Lipinski definition) is 1. The van der Waals surface area contributed by atoms with Crippen molar-refractivity contribution in [3.05, 3.63) is 57.2 Å². The highest BCUT2D eigenvalue weighted by Crippen LogP contribution is 2.26. The minimum absolute atomic E-state index is 0.571. The van der Waals surface area contributed by atoms with Gasteiger partial charge in [0.15, 0.2) is 0 Å². The molecule has 0 spiro atoms. The zero-order valence-electron chi connectivity index (χ0n) is 11.2. The van der Waals surface area contributed by atoms with E-state index in [1.807, 2.05) is 6.07 Å². The number of hydrogen-bond acceptors (Lipinski definition) is 2. The lowest BCUT2D eigenvalue weighted by Gasteiger charge is -2.17. The van der Waals surface area contributed by atoms with Gasteiger partial charge in [-0.15, -0.1) is 11.3 Å². The third-order valence-electron chi connectivity index (χ3n) is 3.28. The first kappa shape index (κ1) is 14.6. The van der Waals surface area contributed by atoms with Crippen LogP contribution in [0.2, 0.25) is 4.34 Å². The van der Waals surface area contributed by atoms with Crippen molar-refractivity contribution in [2.75, 3.05) is 13.1 Å². The molecule has 1 aromatic heterocycles. The van der Waals surface area contributed by atoms with Crippen LogP contribution in [0.4, 0.5) is 0 Å². The fourth-order valence-electron chi connectivity index (χ4n) is 2.23. The molecule has 1 unspecified atom stereocenters. The zero-order chi connectivity index (χ0) is 13.5. The van der Waals surface area contributed by atoms with E-state index < -0.39 is 0 Å². The maximum atomic E-state index is 5.98. The van der Waals surface area contributed by atoms with Gasteiger partial charge in [0, 0.05) is 11.4 Å². The van der Waals surface area contributed by atoms with Crippen LogP contribution in [0, 0.1) is 0 Å². The molecule has 3 heteroatoms. The standard InChI is InChI=1S/C16H20ClNS/c1-2-18-12-14(13-6-4-3-5-7-13)8-9-15-10-11-16(17)19-15/h3-7,10-11,14,18H,2,8-9,12H2,1H3. The van der Waals surface area contributed by atoms with E-state index >= 15 is 0 Å². The van der Waals surface area contributed by atoms with E-state index in [9.17, 15) is 0 Å². The Bertz CT molecular complexity index is 481. The summed E-state index contributed by atoms with van der Waals surface area (Å²) in [5, 5.41) is 3.47. The van der Waals surface area contributed by atoms with E-state index in [-0.39, 0.29) is 0 Å². The van der Waals surface area contributed by atoms with E-state index in [4.69, 9.17) is 11.6 Å². The van der Waals surface area contributed by atoms with E-state index in [1.165, 1.54) is 10.4 Å². The summed E-state index contributed by atoms with van der Waals surface area (Å²) in [6.45, 7) is 4.22. The third-order valence-corrected chi connectivity index (χ3v) is 4.57. The average molecular weight is 294 g/mol. The summed E-state index contributed by atoms with van der Waals surface area (Å²) in [6.07, 6.45) is 2.26. The maximum absolute atomic E-state index is 5.98. The maximum Gasteiger partial charge on any atom is 0.0931 e. The highest BCUT2D eigenvalue weighted by Gasteiger charge is 2.11. The molecule has 0 radical (unpaired) electrons. The molecule has 1 atom stereocenters. The number of rotatable bonds is 7. The number of benzene rings is 1. The molecule has 1 nitrogen and oxygen atoms in total. The van der Waals surface area contributed by atoms with E-state index in [1.54, 1.807) is 11.3 Å². The number of halogens is 1. The second kappa shape index (κ2) is 7.68. The van der Waals surface area contributed by atoms with Crippen LogP contribution in [0.1, 0.15) is 29.7 Å². The van der Waals surface area contributed by atoms with Gasteiger partial charge in [0.05, 0.1) is 4.34 Å². The molecular weight excluding hydrogens is 274 g/mol. The zero-order valence-corrected chi connectivity index (χ0v) is 12.8. The highest BCUT2D eigenvalue weighted by atomic mass is 35.5. The van der Waals surface area contributed by atoms with Crippen molar-refractivity contribution in [3.63, 3.8) is 0 Å². The summed E-state index contributed by atoms with van der Waals surface area (Å²) in [7, 11) is 0. The lowest BCUT2D eigenvalue weighted by molar-refractivity contribution is 0.563. The first-order valence-electron chi connectivity index (χ1n) is 6.79. The van der Waals surface area contributed by atoms with Crippen LogP contribution >= 0.6 is 22.9 Å². The Balaban J connectivity index is 1.97. The van der Waals surface area contributed by atoms with Gasteiger partial charge in [-0.1, -0.05) is 48.9 Å². The van der Waals surface area contributed by atoms with Crippen molar-refractivity contribution in [1.82, 2.24) is 5.32 Å². The molecular formula is C16H20ClNS. The largest absolute Gasteiger partial charge is 0.316 e. The number of thiophene rings is 1. The van der Waals surface area contributed by atoms with Crippen molar-refractivity contribution in [1.29, 1.82) is 0 Å². The van der Waals surface area contributed by atoms with Crippen molar-refractivity contribution in [2.24, 2.45) is 0 Å². The van der Waals surface area contributed by atoms with Gasteiger partial charge in [-0.2, -0.15) is 0 Å². The normalized spacial score (nSPS) is 12.5. The van der Waals surface area contributed by atoms with E-state index in [0.29, 0.717) is 5.92 Å². The quantitative estimate of drug-likeness (QED) is 0.778. The molecule has 102 valence electrons. The van der Waals surface area contributed by atoms with E-state index in [2.05, 4.69) is 48.6 Å². The van der Waals surface area contributed by atoms with Gasteiger partial charge in [0.1, 0.15) is 0 Å². The van der Waals surface area contributed by atoms with Crippen LogP contribution < -0.4 is 5.32 Å². The van der Waals surface area contributed by atoms with Gasteiger partial charge in [0.25, 0.3) is 0 Å². The fourth-order valence-corrected chi connectivity index (χ4v) is 3.34. The molecule has 1 heterocycles. The third kappa shape index (κ3) is 4.64. The van der Waals surface area contributed by atoms with Crippen molar-refractivity contribution < 1.29 is 0 Å². The Labute approximate surface area is 124 Å². The lowest BCUT2D eigenvalue weighted by Crippen LogP contribution is -2.21. The van der Waals surface area contributed by atoms with Gasteiger partial charge >= 0.3 is 0 Å². The molecule has 0 aliphatic heterocycles. The molecule has 0 amide bonds. The van der Waals surface area contributed by atoms with Crippen LogP contribution in [-0.2, 0) is 6.42 Å². The fraction of sp³-hybridized carbons (Fsp3) is 0.375. The predicted octanol–water partition coefficient (Wildman–Crippen LogP) is 4.73. The van der Waals surface area contributed by atoms with Crippen LogP contribution in [0.25, 0.3) is 0 Å². The van der Waals surface area contributed by atoms with Crippen LogP contribution in [0.3, 0.4) is 0 Å². The second-order valence-electron chi connectivity index (χ2n) is 4.66. The Kier molecular flexibility index (Phi) is 5.90. The Morgan fingerprint density at radius 1 is 1.16 bits per heavy atom. The molecule has 0 bridgehead atoms.